The van der Waals surface area contributed by atoms with E-state index in [9.17, 15) is 9.59 Å². The van der Waals surface area contributed by atoms with Gasteiger partial charge in [-0.1, -0.05) is 24.8 Å². The average molecular weight is 338 g/mol. The Kier molecular flexibility index (Phi) is 5.28. The summed E-state index contributed by atoms with van der Waals surface area (Å²) >= 11 is 0. The number of nitrogens with one attached hydrogen (secondary N) is 1. The van der Waals surface area contributed by atoms with Crippen molar-refractivity contribution in [3.8, 4) is 5.69 Å². The fourth-order valence-electron chi connectivity index (χ4n) is 3.00. The van der Waals surface area contributed by atoms with Gasteiger partial charge in [-0.2, -0.15) is 5.10 Å². The molecule has 0 radical (unpaired) electrons. The molecule has 2 heterocycles. The molecule has 1 saturated heterocycles. The standard InChI is InChI=1S/C19H22N4O2/c1-2-18(24)22-10-8-16(9-11-22)19(25)20-12-15-13-21-23(14-15)17-6-4-3-5-7-17/h2-7,13-14,16H,1,8-12H2,(H,20,25). The summed E-state index contributed by atoms with van der Waals surface area (Å²) in [5, 5.41) is 7.30. The number of carbonyl (C=O) groups excluding carboxylic acids is 2. The molecular formula is C19H22N4O2. The van der Waals surface area contributed by atoms with Crippen molar-refractivity contribution in [1.82, 2.24) is 20.0 Å². The van der Waals surface area contributed by atoms with Gasteiger partial charge in [0, 0.05) is 37.3 Å². The Morgan fingerprint density at radius 2 is 1.96 bits per heavy atom. The van der Waals surface area contributed by atoms with Crippen LogP contribution in [-0.2, 0) is 16.1 Å². The number of hydrogen-bond donors (Lipinski definition) is 1. The summed E-state index contributed by atoms with van der Waals surface area (Å²) < 4.78 is 1.79. The van der Waals surface area contributed by atoms with Crippen LogP contribution in [0.1, 0.15) is 18.4 Å². The summed E-state index contributed by atoms with van der Waals surface area (Å²) in [6, 6.07) is 9.84. The van der Waals surface area contributed by atoms with Crippen molar-refractivity contribution in [3.05, 3.63) is 60.9 Å². The van der Waals surface area contributed by atoms with Crippen LogP contribution in [-0.4, -0.2) is 39.6 Å². The zero-order valence-corrected chi connectivity index (χ0v) is 14.1. The van der Waals surface area contributed by atoms with Crippen molar-refractivity contribution >= 4 is 11.8 Å². The van der Waals surface area contributed by atoms with Gasteiger partial charge in [0.1, 0.15) is 0 Å². The quantitative estimate of drug-likeness (QED) is 0.847. The van der Waals surface area contributed by atoms with E-state index in [-0.39, 0.29) is 17.7 Å². The van der Waals surface area contributed by atoms with Crippen LogP contribution in [0.4, 0.5) is 0 Å². The van der Waals surface area contributed by atoms with Crippen LogP contribution in [0.5, 0.6) is 0 Å². The third kappa shape index (κ3) is 4.15. The Hall–Kier alpha value is -2.89. The molecule has 3 rings (SSSR count). The second kappa shape index (κ2) is 7.79. The molecular weight excluding hydrogens is 316 g/mol. The normalized spacial score (nSPS) is 15.0. The first-order chi connectivity index (χ1) is 12.2. The van der Waals surface area contributed by atoms with Crippen LogP contribution in [0.15, 0.2) is 55.4 Å². The van der Waals surface area contributed by atoms with Gasteiger partial charge >= 0.3 is 0 Å². The van der Waals surface area contributed by atoms with E-state index in [0.29, 0.717) is 32.5 Å². The summed E-state index contributed by atoms with van der Waals surface area (Å²) in [6.45, 7) is 5.17. The lowest BCUT2D eigenvalue weighted by molar-refractivity contribution is -0.132. The fourth-order valence-corrected chi connectivity index (χ4v) is 3.00. The van der Waals surface area contributed by atoms with Crippen LogP contribution in [0.25, 0.3) is 5.69 Å². The molecule has 0 atom stereocenters. The lowest BCUT2D eigenvalue weighted by atomic mass is 9.96. The molecule has 1 N–H and O–H groups in total. The first-order valence-corrected chi connectivity index (χ1v) is 8.45. The number of para-hydroxylation sites is 1. The maximum Gasteiger partial charge on any atom is 0.245 e. The van der Waals surface area contributed by atoms with Crippen molar-refractivity contribution in [2.24, 2.45) is 5.92 Å². The molecule has 1 aliphatic heterocycles. The maximum absolute atomic E-state index is 12.3. The van der Waals surface area contributed by atoms with Gasteiger partial charge in [0.25, 0.3) is 0 Å². The van der Waals surface area contributed by atoms with Crippen LogP contribution >= 0.6 is 0 Å². The molecule has 0 bridgehead atoms. The van der Waals surface area contributed by atoms with Crippen molar-refractivity contribution in [2.45, 2.75) is 19.4 Å². The summed E-state index contributed by atoms with van der Waals surface area (Å²) in [4.78, 5) is 25.6. The molecule has 25 heavy (non-hydrogen) atoms. The van der Waals surface area contributed by atoms with E-state index in [1.807, 2.05) is 36.5 Å². The lowest BCUT2D eigenvalue weighted by Gasteiger charge is -2.30. The first-order valence-electron chi connectivity index (χ1n) is 8.45. The molecule has 130 valence electrons. The number of likely N-dealkylation sites (tertiary alicyclic amines) is 1. The number of rotatable bonds is 5. The molecule has 0 saturated carbocycles. The number of piperidine rings is 1. The fraction of sp³-hybridized carbons (Fsp3) is 0.316. The summed E-state index contributed by atoms with van der Waals surface area (Å²) in [7, 11) is 0. The third-order valence-corrected chi connectivity index (χ3v) is 4.48. The van der Waals surface area contributed by atoms with E-state index in [0.717, 1.165) is 11.3 Å². The smallest absolute Gasteiger partial charge is 0.245 e. The van der Waals surface area contributed by atoms with Gasteiger partial charge in [-0.05, 0) is 31.1 Å². The predicted octanol–water partition coefficient (Wildman–Crippen LogP) is 1.91. The van der Waals surface area contributed by atoms with Crippen molar-refractivity contribution in [3.63, 3.8) is 0 Å². The largest absolute Gasteiger partial charge is 0.352 e. The molecule has 2 amide bonds. The van der Waals surface area contributed by atoms with E-state index in [1.54, 1.807) is 15.8 Å². The molecule has 0 unspecified atom stereocenters. The average Bonchev–Trinajstić information content (AvgIpc) is 3.15. The third-order valence-electron chi connectivity index (χ3n) is 4.48. The molecule has 6 heteroatoms. The van der Waals surface area contributed by atoms with Gasteiger partial charge < -0.3 is 10.2 Å². The number of hydrogen-bond acceptors (Lipinski definition) is 3. The number of benzene rings is 1. The number of carbonyl (C=O) groups is 2. The van der Waals surface area contributed by atoms with Gasteiger partial charge in [0.15, 0.2) is 0 Å². The number of amides is 2. The topological polar surface area (TPSA) is 67.2 Å². The molecule has 0 aliphatic carbocycles. The molecule has 6 nitrogen and oxygen atoms in total. The van der Waals surface area contributed by atoms with Crippen molar-refractivity contribution < 1.29 is 9.59 Å². The Balaban J connectivity index is 1.49. The van der Waals surface area contributed by atoms with Crippen LogP contribution in [0.3, 0.4) is 0 Å². The highest BCUT2D eigenvalue weighted by molar-refractivity contribution is 5.87. The van der Waals surface area contributed by atoms with Gasteiger partial charge in [0.05, 0.1) is 11.9 Å². The zero-order chi connectivity index (χ0) is 17.6. The highest BCUT2D eigenvalue weighted by atomic mass is 16.2. The predicted molar refractivity (Wildman–Crippen MR) is 94.9 cm³/mol. The number of aromatic nitrogens is 2. The van der Waals surface area contributed by atoms with Gasteiger partial charge in [-0.3, -0.25) is 9.59 Å². The summed E-state index contributed by atoms with van der Waals surface area (Å²) in [5.41, 5.74) is 1.94. The highest BCUT2D eigenvalue weighted by Gasteiger charge is 2.26. The summed E-state index contributed by atoms with van der Waals surface area (Å²) in [5.74, 6) is -0.0663. The first kappa shape index (κ1) is 17.0. The Morgan fingerprint density at radius 3 is 2.64 bits per heavy atom. The monoisotopic (exact) mass is 338 g/mol. The lowest BCUT2D eigenvalue weighted by Crippen LogP contribution is -2.42. The summed E-state index contributed by atoms with van der Waals surface area (Å²) in [6.07, 6.45) is 6.38. The molecule has 1 aromatic heterocycles. The van der Waals surface area contributed by atoms with E-state index in [1.165, 1.54) is 6.08 Å². The minimum atomic E-state index is -0.0628. The highest BCUT2D eigenvalue weighted by Crippen LogP contribution is 2.18. The molecule has 1 aliphatic rings. The maximum atomic E-state index is 12.3. The zero-order valence-electron chi connectivity index (χ0n) is 14.1. The van der Waals surface area contributed by atoms with E-state index >= 15 is 0 Å². The van der Waals surface area contributed by atoms with Gasteiger partial charge in [-0.15, -0.1) is 0 Å². The molecule has 1 aromatic carbocycles. The van der Waals surface area contributed by atoms with E-state index < -0.39 is 0 Å². The van der Waals surface area contributed by atoms with Crippen molar-refractivity contribution in [2.75, 3.05) is 13.1 Å². The minimum Gasteiger partial charge on any atom is -0.352 e. The van der Waals surface area contributed by atoms with Crippen LogP contribution < -0.4 is 5.32 Å². The molecule has 0 spiro atoms. The Labute approximate surface area is 147 Å². The van der Waals surface area contributed by atoms with E-state index in [4.69, 9.17) is 0 Å². The van der Waals surface area contributed by atoms with Crippen molar-refractivity contribution in [1.29, 1.82) is 0 Å². The van der Waals surface area contributed by atoms with E-state index in [2.05, 4.69) is 17.0 Å². The second-order valence-electron chi connectivity index (χ2n) is 6.15. The SMILES string of the molecule is C=CC(=O)N1CCC(C(=O)NCc2cnn(-c3ccccc3)c2)CC1. The Morgan fingerprint density at radius 1 is 1.24 bits per heavy atom. The molecule has 1 fully saturated rings. The number of nitrogens with zero attached hydrogens (tertiary/aromatic N) is 3. The second-order valence-corrected chi connectivity index (χ2v) is 6.15. The van der Waals surface area contributed by atoms with Crippen LogP contribution in [0.2, 0.25) is 0 Å². The molecule has 2 aromatic rings. The van der Waals surface area contributed by atoms with Crippen LogP contribution in [0, 0.1) is 5.92 Å². The Bertz CT molecular complexity index is 746. The van der Waals surface area contributed by atoms with Gasteiger partial charge in [-0.25, -0.2) is 4.68 Å². The van der Waals surface area contributed by atoms with Gasteiger partial charge in [0.2, 0.25) is 11.8 Å². The minimum absolute atomic E-state index is 0.0400.